The van der Waals surface area contributed by atoms with Gasteiger partial charge >= 0.3 is 0 Å². The number of hydrogen-bond donors (Lipinski definition) is 2. The fourth-order valence-corrected chi connectivity index (χ4v) is 2.26. The molecule has 0 saturated heterocycles. The van der Waals surface area contributed by atoms with Gasteiger partial charge in [0, 0.05) is 12.2 Å². The van der Waals surface area contributed by atoms with E-state index >= 15 is 0 Å². The second kappa shape index (κ2) is 7.92. The van der Waals surface area contributed by atoms with E-state index in [2.05, 4.69) is 10.6 Å². The highest BCUT2D eigenvalue weighted by molar-refractivity contribution is 6.09. The van der Waals surface area contributed by atoms with Crippen LogP contribution in [0.25, 0.3) is 0 Å². The van der Waals surface area contributed by atoms with Crippen molar-refractivity contribution in [3.05, 3.63) is 65.5 Å². The van der Waals surface area contributed by atoms with Crippen LogP contribution in [0.15, 0.2) is 48.5 Å². The van der Waals surface area contributed by atoms with Crippen LogP contribution < -0.4 is 10.6 Å². The molecule has 0 radical (unpaired) electrons. The Balaban J connectivity index is 1.91. The normalized spacial score (nSPS) is 11.0. The van der Waals surface area contributed by atoms with Crippen LogP contribution in [0.5, 0.6) is 0 Å². The highest BCUT2D eigenvalue weighted by atomic mass is 19.1. The van der Waals surface area contributed by atoms with Gasteiger partial charge < -0.3 is 10.6 Å². The van der Waals surface area contributed by atoms with Crippen molar-refractivity contribution < 1.29 is 14.0 Å². The van der Waals surface area contributed by atoms with Gasteiger partial charge in [0.2, 0.25) is 11.8 Å². The fraction of sp³-hybridized carbons (Fsp3) is 0.300. The Morgan fingerprint density at radius 2 is 1.64 bits per heavy atom. The van der Waals surface area contributed by atoms with Gasteiger partial charge in [-0.15, -0.1) is 0 Å². The van der Waals surface area contributed by atoms with E-state index in [-0.39, 0.29) is 18.3 Å². The van der Waals surface area contributed by atoms with Gasteiger partial charge in [0.05, 0.1) is 0 Å². The zero-order valence-corrected chi connectivity index (χ0v) is 14.7. The third kappa shape index (κ3) is 4.89. The molecule has 0 aliphatic heterocycles. The standard InChI is InChI=1S/C20H23FN2O2/c1-14-8-10-16(11-9-14)23-19(25)20(2,3)18(24)22-13-12-15-6-4-5-7-17(15)21/h4-11H,12-13H2,1-3H3,(H,22,24)(H,23,25). The minimum absolute atomic E-state index is 0.265. The first-order valence-corrected chi connectivity index (χ1v) is 8.20. The summed E-state index contributed by atoms with van der Waals surface area (Å²) in [5.74, 6) is -1.08. The summed E-state index contributed by atoms with van der Waals surface area (Å²) in [7, 11) is 0. The van der Waals surface area contributed by atoms with Crippen molar-refractivity contribution in [2.24, 2.45) is 5.41 Å². The average molecular weight is 342 g/mol. The van der Waals surface area contributed by atoms with Crippen LogP contribution >= 0.6 is 0 Å². The highest BCUT2D eigenvalue weighted by Gasteiger charge is 2.35. The number of carbonyl (C=O) groups is 2. The number of anilines is 1. The molecule has 0 heterocycles. The molecule has 0 saturated carbocycles. The molecule has 2 rings (SSSR count). The minimum atomic E-state index is -1.24. The summed E-state index contributed by atoms with van der Waals surface area (Å²) in [4.78, 5) is 24.8. The van der Waals surface area contributed by atoms with E-state index in [1.807, 2.05) is 19.1 Å². The van der Waals surface area contributed by atoms with Gasteiger partial charge in [-0.25, -0.2) is 4.39 Å². The molecule has 0 aliphatic rings. The first-order chi connectivity index (χ1) is 11.8. The molecule has 0 atom stereocenters. The monoisotopic (exact) mass is 342 g/mol. The summed E-state index contributed by atoms with van der Waals surface area (Å²) in [5, 5.41) is 5.46. The molecular weight excluding hydrogens is 319 g/mol. The molecule has 25 heavy (non-hydrogen) atoms. The largest absolute Gasteiger partial charge is 0.355 e. The number of carbonyl (C=O) groups excluding carboxylic acids is 2. The Morgan fingerprint density at radius 1 is 1.00 bits per heavy atom. The van der Waals surface area contributed by atoms with E-state index in [0.717, 1.165) is 5.56 Å². The lowest BCUT2D eigenvalue weighted by Gasteiger charge is -2.22. The SMILES string of the molecule is Cc1ccc(NC(=O)C(C)(C)C(=O)NCCc2ccccc2F)cc1. The first kappa shape index (κ1) is 18.6. The maximum absolute atomic E-state index is 13.6. The third-order valence-electron chi connectivity index (χ3n) is 4.08. The van der Waals surface area contributed by atoms with Crippen LogP contribution in [0.4, 0.5) is 10.1 Å². The number of benzene rings is 2. The van der Waals surface area contributed by atoms with Gasteiger partial charge in [0.25, 0.3) is 0 Å². The maximum Gasteiger partial charge on any atom is 0.239 e. The van der Waals surface area contributed by atoms with Crippen molar-refractivity contribution in [3.8, 4) is 0 Å². The van der Waals surface area contributed by atoms with Gasteiger partial charge in [-0.05, 0) is 51.0 Å². The fourth-order valence-electron chi connectivity index (χ4n) is 2.26. The van der Waals surface area contributed by atoms with Crippen molar-refractivity contribution in [3.63, 3.8) is 0 Å². The Bertz CT molecular complexity index is 755. The molecule has 4 nitrogen and oxygen atoms in total. The Labute approximate surface area is 147 Å². The van der Waals surface area contributed by atoms with E-state index in [1.54, 1.807) is 44.2 Å². The van der Waals surface area contributed by atoms with Crippen molar-refractivity contribution in [2.45, 2.75) is 27.2 Å². The number of aryl methyl sites for hydroxylation is 1. The number of hydrogen-bond acceptors (Lipinski definition) is 2. The molecule has 2 N–H and O–H groups in total. The van der Waals surface area contributed by atoms with E-state index in [0.29, 0.717) is 17.7 Å². The summed E-state index contributed by atoms with van der Waals surface area (Å²) in [6.07, 6.45) is 0.369. The van der Waals surface area contributed by atoms with Crippen LogP contribution in [-0.2, 0) is 16.0 Å². The van der Waals surface area contributed by atoms with Crippen LogP contribution in [0.1, 0.15) is 25.0 Å². The van der Waals surface area contributed by atoms with Crippen molar-refractivity contribution in [1.82, 2.24) is 5.32 Å². The quantitative estimate of drug-likeness (QED) is 0.790. The Kier molecular flexibility index (Phi) is 5.91. The van der Waals surface area contributed by atoms with E-state index in [4.69, 9.17) is 0 Å². The predicted octanol–water partition coefficient (Wildman–Crippen LogP) is 3.46. The van der Waals surface area contributed by atoms with Crippen molar-refractivity contribution in [1.29, 1.82) is 0 Å². The minimum Gasteiger partial charge on any atom is -0.355 e. The molecule has 2 aromatic rings. The number of amides is 2. The smallest absolute Gasteiger partial charge is 0.239 e. The van der Waals surface area contributed by atoms with E-state index in [1.165, 1.54) is 6.07 Å². The number of halogens is 1. The zero-order valence-electron chi connectivity index (χ0n) is 14.7. The molecule has 0 aliphatic carbocycles. The van der Waals surface area contributed by atoms with Crippen LogP contribution in [0.3, 0.4) is 0 Å². The van der Waals surface area contributed by atoms with Crippen LogP contribution in [-0.4, -0.2) is 18.4 Å². The maximum atomic E-state index is 13.6. The summed E-state index contributed by atoms with van der Waals surface area (Å²) in [6, 6.07) is 13.8. The number of rotatable bonds is 6. The summed E-state index contributed by atoms with van der Waals surface area (Å²) in [5.41, 5.74) is 1.02. The first-order valence-electron chi connectivity index (χ1n) is 8.20. The van der Waals surface area contributed by atoms with Crippen LogP contribution in [0.2, 0.25) is 0 Å². The van der Waals surface area contributed by atoms with Crippen molar-refractivity contribution in [2.75, 3.05) is 11.9 Å². The molecule has 132 valence electrons. The lowest BCUT2D eigenvalue weighted by molar-refractivity contribution is -0.138. The lowest BCUT2D eigenvalue weighted by Crippen LogP contribution is -2.45. The Morgan fingerprint density at radius 3 is 2.28 bits per heavy atom. The molecule has 0 unspecified atom stereocenters. The van der Waals surface area contributed by atoms with Gasteiger partial charge in [-0.2, -0.15) is 0 Å². The molecule has 2 amide bonds. The van der Waals surface area contributed by atoms with Gasteiger partial charge in [-0.3, -0.25) is 9.59 Å². The van der Waals surface area contributed by atoms with Crippen LogP contribution in [0, 0.1) is 18.2 Å². The van der Waals surface area contributed by atoms with Gasteiger partial charge in [-0.1, -0.05) is 35.9 Å². The topological polar surface area (TPSA) is 58.2 Å². The number of nitrogens with one attached hydrogen (secondary N) is 2. The molecular formula is C20H23FN2O2. The predicted molar refractivity (Wildman–Crippen MR) is 96.7 cm³/mol. The van der Waals surface area contributed by atoms with E-state index < -0.39 is 11.3 Å². The zero-order chi connectivity index (χ0) is 18.4. The second-order valence-electron chi connectivity index (χ2n) is 6.54. The summed E-state index contributed by atoms with van der Waals surface area (Å²) >= 11 is 0. The Hall–Kier alpha value is -2.69. The molecule has 0 spiro atoms. The highest BCUT2D eigenvalue weighted by Crippen LogP contribution is 2.19. The van der Waals surface area contributed by atoms with Crippen molar-refractivity contribution >= 4 is 17.5 Å². The third-order valence-corrected chi connectivity index (χ3v) is 4.08. The van der Waals surface area contributed by atoms with Gasteiger partial charge in [0.1, 0.15) is 11.2 Å². The average Bonchev–Trinajstić information content (AvgIpc) is 2.58. The molecule has 0 fully saturated rings. The second-order valence-corrected chi connectivity index (χ2v) is 6.54. The molecule has 0 aromatic heterocycles. The lowest BCUT2D eigenvalue weighted by atomic mass is 9.90. The summed E-state index contributed by atoms with van der Waals surface area (Å²) in [6.45, 7) is 5.35. The summed E-state index contributed by atoms with van der Waals surface area (Å²) < 4.78 is 13.6. The van der Waals surface area contributed by atoms with Gasteiger partial charge in [0.15, 0.2) is 0 Å². The molecule has 5 heteroatoms. The molecule has 0 bridgehead atoms. The van der Waals surface area contributed by atoms with E-state index in [9.17, 15) is 14.0 Å². The molecule has 2 aromatic carbocycles.